The maximum Gasteiger partial charge on any atom is 0.311 e. The lowest BCUT2D eigenvalue weighted by molar-refractivity contribution is -0.149. The topological polar surface area (TPSA) is 50.4 Å². The van der Waals surface area contributed by atoms with Crippen molar-refractivity contribution in [1.82, 2.24) is 5.32 Å². The normalized spacial score (nSPS) is 45.6. The maximum atomic E-state index is 12.9. The number of carbonyl (C=O) groups excluding carboxylic acids is 1. The third-order valence-corrected chi connectivity index (χ3v) is 8.30. The second-order valence-corrected chi connectivity index (χ2v) is 8.63. The van der Waals surface area contributed by atoms with E-state index in [4.69, 9.17) is 4.74 Å². The molecule has 0 unspecified atom stereocenters. The molecule has 4 aliphatic rings. The molecule has 0 aromatic heterocycles. The number of hydrogen-bond acceptors (Lipinski definition) is 4. The van der Waals surface area contributed by atoms with E-state index in [0.717, 1.165) is 25.8 Å². The third-order valence-electron chi connectivity index (χ3n) is 8.30. The van der Waals surface area contributed by atoms with Crippen LogP contribution < -0.4 is 10.6 Å². The first-order chi connectivity index (χ1) is 12.1. The van der Waals surface area contributed by atoms with Crippen LogP contribution in [-0.4, -0.2) is 31.2 Å². The molecule has 2 heterocycles. The van der Waals surface area contributed by atoms with Crippen LogP contribution in [0.15, 0.2) is 24.3 Å². The summed E-state index contributed by atoms with van der Waals surface area (Å²) in [5, 5.41) is 7.81. The van der Waals surface area contributed by atoms with E-state index in [-0.39, 0.29) is 28.3 Å². The number of nitrogens with one attached hydrogen (secondary N) is 2. The van der Waals surface area contributed by atoms with Crippen molar-refractivity contribution < 1.29 is 9.53 Å². The van der Waals surface area contributed by atoms with E-state index < -0.39 is 0 Å². The number of hydrogen-bond donors (Lipinski definition) is 2. The van der Waals surface area contributed by atoms with Gasteiger partial charge in [-0.2, -0.15) is 0 Å². The molecule has 134 valence electrons. The van der Waals surface area contributed by atoms with Crippen LogP contribution in [0.5, 0.6) is 0 Å². The molecule has 2 aliphatic heterocycles. The summed E-state index contributed by atoms with van der Waals surface area (Å²) in [6.45, 7) is 5.70. The molecular weight excluding hydrogens is 312 g/mol. The molecule has 6 atom stereocenters. The smallest absolute Gasteiger partial charge is 0.311 e. The molecule has 0 radical (unpaired) electrons. The molecule has 4 nitrogen and oxygen atoms in total. The fraction of sp³-hybridized carbons (Fsp3) is 0.667. The van der Waals surface area contributed by atoms with Crippen LogP contribution in [0.4, 0.5) is 5.69 Å². The lowest BCUT2D eigenvalue weighted by Gasteiger charge is -2.48. The number of ether oxygens (including phenoxy) is 1. The van der Waals surface area contributed by atoms with Gasteiger partial charge in [-0.1, -0.05) is 38.5 Å². The van der Waals surface area contributed by atoms with Crippen LogP contribution in [0.2, 0.25) is 0 Å². The van der Waals surface area contributed by atoms with Crippen molar-refractivity contribution in [2.24, 2.45) is 17.3 Å². The molecule has 2 saturated carbocycles. The highest BCUT2D eigenvalue weighted by Gasteiger charge is 2.84. The van der Waals surface area contributed by atoms with Crippen LogP contribution >= 0.6 is 0 Å². The maximum absolute atomic E-state index is 12.9. The summed E-state index contributed by atoms with van der Waals surface area (Å²) in [6, 6.07) is 9.18. The summed E-state index contributed by atoms with van der Waals surface area (Å²) in [5.41, 5.74) is 2.61. The standard InChI is InChI=1S/C21H28N2O2/c1-4-9-19-12-15(17(24)25-3)21(13(19)2)20(10-11-22-18(19)20)14-7-5-6-8-16(14)23-21/h5-8,13,15,18,22-23H,4,9-12H2,1-3H3/t13-,15+,18+,19+,20-,21-/m1/s1. The minimum absolute atomic E-state index is 0.00921. The Bertz CT molecular complexity index is 749. The van der Waals surface area contributed by atoms with Crippen LogP contribution in [0.25, 0.3) is 0 Å². The highest BCUT2D eigenvalue weighted by Crippen LogP contribution is 2.77. The van der Waals surface area contributed by atoms with Gasteiger partial charge < -0.3 is 15.4 Å². The van der Waals surface area contributed by atoms with Crippen molar-refractivity contribution in [3.63, 3.8) is 0 Å². The monoisotopic (exact) mass is 340 g/mol. The number of para-hydroxylation sites is 1. The number of fused-ring (bicyclic) bond motifs is 3. The molecule has 3 fully saturated rings. The van der Waals surface area contributed by atoms with E-state index in [9.17, 15) is 4.79 Å². The van der Waals surface area contributed by atoms with E-state index in [0.29, 0.717) is 12.0 Å². The van der Waals surface area contributed by atoms with Crippen molar-refractivity contribution in [2.45, 2.75) is 56.5 Å². The molecule has 2 N–H and O–H groups in total. The van der Waals surface area contributed by atoms with Gasteiger partial charge in [0.05, 0.1) is 18.6 Å². The lowest BCUT2D eigenvalue weighted by atomic mass is 9.57. The molecule has 2 spiro atoms. The summed E-state index contributed by atoms with van der Waals surface area (Å²) < 4.78 is 5.31. The summed E-state index contributed by atoms with van der Waals surface area (Å²) in [5.74, 6) is 0.340. The molecule has 1 saturated heterocycles. The van der Waals surface area contributed by atoms with Gasteiger partial charge in [-0.25, -0.2) is 0 Å². The summed E-state index contributed by atoms with van der Waals surface area (Å²) in [4.78, 5) is 12.9. The predicted octanol–water partition coefficient (Wildman–Crippen LogP) is 3.08. The molecule has 1 aromatic carbocycles. The third kappa shape index (κ3) is 1.42. The Hall–Kier alpha value is -1.55. The fourth-order valence-corrected chi connectivity index (χ4v) is 7.77. The van der Waals surface area contributed by atoms with E-state index in [1.165, 1.54) is 17.7 Å². The molecule has 2 bridgehead atoms. The fourth-order valence-electron chi connectivity index (χ4n) is 7.77. The van der Waals surface area contributed by atoms with Crippen LogP contribution in [0.1, 0.15) is 45.1 Å². The molecule has 25 heavy (non-hydrogen) atoms. The highest BCUT2D eigenvalue weighted by atomic mass is 16.5. The van der Waals surface area contributed by atoms with Gasteiger partial charge in [0.15, 0.2) is 0 Å². The molecule has 1 aromatic rings. The minimum Gasteiger partial charge on any atom is -0.469 e. The van der Waals surface area contributed by atoms with Crippen LogP contribution in [0, 0.1) is 17.3 Å². The number of esters is 1. The second kappa shape index (κ2) is 4.79. The molecule has 4 heteroatoms. The zero-order valence-corrected chi connectivity index (χ0v) is 15.4. The molecule has 5 rings (SSSR count). The second-order valence-electron chi connectivity index (χ2n) is 8.63. The van der Waals surface area contributed by atoms with Crippen LogP contribution in [0.3, 0.4) is 0 Å². The Morgan fingerprint density at radius 2 is 2.16 bits per heavy atom. The molecular formula is C21H28N2O2. The van der Waals surface area contributed by atoms with Crippen molar-refractivity contribution in [3.8, 4) is 0 Å². The average Bonchev–Trinajstić information content (AvgIpc) is 3.30. The summed E-state index contributed by atoms with van der Waals surface area (Å²) >= 11 is 0. The van der Waals surface area contributed by atoms with Gasteiger partial charge in [-0.15, -0.1) is 0 Å². The van der Waals surface area contributed by atoms with E-state index in [1.807, 2.05) is 0 Å². The highest BCUT2D eigenvalue weighted by molar-refractivity contribution is 5.82. The van der Waals surface area contributed by atoms with Gasteiger partial charge >= 0.3 is 5.97 Å². The van der Waals surface area contributed by atoms with Gasteiger partial charge in [0, 0.05) is 17.1 Å². The molecule has 2 aliphatic carbocycles. The van der Waals surface area contributed by atoms with Crippen molar-refractivity contribution in [1.29, 1.82) is 0 Å². The minimum atomic E-state index is -0.215. The number of benzene rings is 1. The summed E-state index contributed by atoms with van der Waals surface area (Å²) in [6.07, 6.45) is 4.37. The first-order valence-electron chi connectivity index (χ1n) is 9.77. The average molecular weight is 340 g/mol. The first kappa shape index (κ1) is 15.7. The van der Waals surface area contributed by atoms with E-state index in [1.54, 1.807) is 7.11 Å². The predicted molar refractivity (Wildman–Crippen MR) is 97.5 cm³/mol. The van der Waals surface area contributed by atoms with Crippen molar-refractivity contribution in [2.75, 3.05) is 19.0 Å². The van der Waals surface area contributed by atoms with Crippen molar-refractivity contribution in [3.05, 3.63) is 29.8 Å². The van der Waals surface area contributed by atoms with Crippen molar-refractivity contribution >= 4 is 11.7 Å². The van der Waals surface area contributed by atoms with Gasteiger partial charge in [0.2, 0.25) is 0 Å². The number of rotatable bonds is 3. The van der Waals surface area contributed by atoms with Gasteiger partial charge in [0.25, 0.3) is 0 Å². The van der Waals surface area contributed by atoms with Gasteiger partial charge in [-0.3, -0.25) is 4.79 Å². The SMILES string of the molecule is CCC[C@@]12C[C@@H](C(=O)OC)[C@]3(Nc4ccccc4[C@@]34CCN[C@@H]14)[C@@H]2C. The Balaban J connectivity index is 1.79. The Kier molecular flexibility index (Phi) is 3.00. The Morgan fingerprint density at radius 1 is 1.36 bits per heavy atom. The Morgan fingerprint density at radius 3 is 2.92 bits per heavy atom. The summed E-state index contributed by atoms with van der Waals surface area (Å²) in [7, 11) is 1.54. The van der Waals surface area contributed by atoms with E-state index in [2.05, 4.69) is 48.7 Å². The van der Waals surface area contributed by atoms with Crippen LogP contribution in [-0.2, 0) is 14.9 Å². The number of carbonyl (C=O) groups is 1. The van der Waals surface area contributed by atoms with E-state index >= 15 is 0 Å². The van der Waals surface area contributed by atoms with Gasteiger partial charge in [0.1, 0.15) is 0 Å². The largest absolute Gasteiger partial charge is 0.469 e. The zero-order chi connectivity index (χ0) is 17.4. The zero-order valence-electron chi connectivity index (χ0n) is 15.4. The van der Waals surface area contributed by atoms with Gasteiger partial charge in [-0.05, 0) is 48.8 Å². The first-order valence-corrected chi connectivity index (χ1v) is 9.77. The Labute approximate surface area is 149 Å². The number of methoxy groups -OCH3 is 1. The lowest BCUT2D eigenvalue weighted by Crippen LogP contribution is -2.62. The molecule has 0 amide bonds. The number of anilines is 1. The quantitative estimate of drug-likeness (QED) is 0.830.